The zero-order valence-electron chi connectivity index (χ0n) is 23.2. The summed E-state index contributed by atoms with van der Waals surface area (Å²) in [6.07, 6.45) is -0.937. The summed E-state index contributed by atoms with van der Waals surface area (Å²) >= 11 is 0. The predicted molar refractivity (Wildman–Crippen MR) is 150 cm³/mol. The van der Waals surface area contributed by atoms with E-state index in [2.05, 4.69) is 21.4 Å². The molecule has 0 unspecified atom stereocenters. The van der Waals surface area contributed by atoms with Gasteiger partial charge in [0.1, 0.15) is 11.9 Å². The Morgan fingerprint density at radius 2 is 1.81 bits per heavy atom. The van der Waals surface area contributed by atoms with Crippen LogP contribution in [0.1, 0.15) is 53.7 Å². The molecule has 0 saturated carbocycles. The zero-order valence-corrected chi connectivity index (χ0v) is 24.0. The van der Waals surface area contributed by atoms with Crippen LogP contribution in [0.25, 0.3) is 0 Å². The Labute approximate surface area is 247 Å². The van der Waals surface area contributed by atoms with Crippen LogP contribution in [0, 0.1) is 11.3 Å². The fraction of sp³-hybridized carbons (Fsp3) is 0.379. The van der Waals surface area contributed by atoms with Gasteiger partial charge in [0.2, 0.25) is 5.95 Å². The SMILES string of the molecule is CCS(=O)(=O)c1ccc([C@H](CO)NC(=O)c2cnc(N3C[C@H](Oc4ccc(C(F)(F)F)cc4)C[C@H]3CCC#N)nc2)cc1. The fourth-order valence-corrected chi connectivity index (χ4v) is 5.64. The summed E-state index contributed by atoms with van der Waals surface area (Å²) in [5.74, 6) is -0.0237. The van der Waals surface area contributed by atoms with Crippen molar-refractivity contribution in [3.05, 3.63) is 77.6 Å². The maximum Gasteiger partial charge on any atom is 0.416 e. The normalized spacial score (nSPS) is 17.7. The first-order valence-electron chi connectivity index (χ1n) is 13.5. The van der Waals surface area contributed by atoms with Crippen molar-refractivity contribution in [3.8, 4) is 11.8 Å². The number of amides is 1. The second kappa shape index (κ2) is 13.4. The summed E-state index contributed by atoms with van der Waals surface area (Å²) in [7, 11) is -3.39. The summed E-state index contributed by atoms with van der Waals surface area (Å²) in [4.78, 5) is 23.6. The van der Waals surface area contributed by atoms with Crippen molar-refractivity contribution >= 4 is 21.7 Å². The number of aliphatic hydroxyl groups excluding tert-OH is 1. The van der Waals surface area contributed by atoms with E-state index in [1.807, 2.05) is 4.90 Å². The van der Waals surface area contributed by atoms with E-state index < -0.39 is 46.2 Å². The Bertz CT molecular complexity index is 1540. The van der Waals surface area contributed by atoms with Crippen LogP contribution in [-0.2, 0) is 16.0 Å². The molecule has 0 aliphatic carbocycles. The van der Waals surface area contributed by atoms with Crippen molar-refractivity contribution in [2.24, 2.45) is 0 Å². The van der Waals surface area contributed by atoms with Crippen LogP contribution < -0.4 is 15.0 Å². The highest BCUT2D eigenvalue weighted by Crippen LogP contribution is 2.32. The Hall–Kier alpha value is -4.22. The molecule has 1 saturated heterocycles. The number of rotatable bonds is 11. The number of nitrogens with one attached hydrogen (secondary N) is 1. The molecule has 2 heterocycles. The van der Waals surface area contributed by atoms with E-state index in [4.69, 9.17) is 10.00 Å². The fourth-order valence-electron chi connectivity index (χ4n) is 4.76. The average Bonchev–Trinajstić information content (AvgIpc) is 3.40. The number of nitriles is 1. The number of carbonyl (C=O) groups excluding carboxylic acids is 1. The van der Waals surface area contributed by atoms with E-state index in [0.717, 1.165) is 12.1 Å². The second-order valence-electron chi connectivity index (χ2n) is 9.95. The van der Waals surface area contributed by atoms with Crippen LogP contribution in [0.2, 0.25) is 0 Å². The number of aliphatic hydroxyl groups is 1. The summed E-state index contributed by atoms with van der Waals surface area (Å²) in [6.45, 7) is 1.43. The lowest BCUT2D eigenvalue weighted by molar-refractivity contribution is -0.137. The van der Waals surface area contributed by atoms with Crippen LogP contribution in [0.3, 0.4) is 0 Å². The van der Waals surface area contributed by atoms with Crippen molar-refractivity contribution in [1.82, 2.24) is 15.3 Å². The summed E-state index contributed by atoms with van der Waals surface area (Å²) < 4.78 is 68.7. The Morgan fingerprint density at radius 1 is 1.16 bits per heavy atom. The Kier molecular flexibility index (Phi) is 9.87. The molecule has 14 heteroatoms. The van der Waals surface area contributed by atoms with Crippen molar-refractivity contribution in [2.75, 3.05) is 23.8 Å². The number of ether oxygens (including phenoxy) is 1. The van der Waals surface area contributed by atoms with Gasteiger partial charge < -0.3 is 20.1 Å². The molecule has 1 fully saturated rings. The van der Waals surface area contributed by atoms with Crippen molar-refractivity contribution in [1.29, 1.82) is 5.26 Å². The number of benzene rings is 2. The van der Waals surface area contributed by atoms with Gasteiger partial charge in [-0.2, -0.15) is 18.4 Å². The highest BCUT2D eigenvalue weighted by molar-refractivity contribution is 7.91. The molecule has 2 aromatic carbocycles. The molecule has 10 nitrogen and oxygen atoms in total. The number of carbonyl (C=O) groups is 1. The summed E-state index contributed by atoms with van der Waals surface area (Å²) in [5, 5.41) is 21.6. The minimum atomic E-state index is -4.45. The van der Waals surface area contributed by atoms with E-state index in [1.165, 1.54) is 48.8 Å². The van der Waals surface area contributed by atoms with Gasteiger partial charge in [0.25, 0.3) is 5.91 Å². The van der Waals surface area contributed by atoms with E-state index >= 15 is 0 Å². The van der Waals surface area contributed by atoms with Gasteiger partial charge in [0.15, 0.2) is 9.84 Å². The minimum Gasteiger partial charge on any atom is -0.489 e. The summed E-state index contributed by atoms with van der Waals surface area (Å²) in [5.41, 5.74) is -0.138. The number of hydrogen-bond donors (Lipinski definition) is 2. The summed E-state index contributed by atoms with van der Waals surface area (Å²) in [6, 6.07) is 11.5. The van der Waals surface area contributed by atoms with Crippen LogP contribution in [0.5, 0.6) is 5.75 Å². The molecule has 3 atom stereocenters. The number of sulfone groups is 1. The van der Waals surface area contributed by atoms with Gasteiger partial charge in [-0.3, -0.25) is 4.79 Å². The molecule has 1 aliphatic heterocycles. The Morgan fingerprint density at radius 3 is 2.37 bits per heavy atom. The molecule has 3 aromatic rings. The number of alkyl halides is 3. The highest BCUT2D eigenvalue weighted by atomic mass is 32.2. The van der Waals surface area contributed by atoms with E-state index in [0.29, 0.717) is 30.9 Å². The molecule has 1 aliphatic rings. The Balaban J connectivity index is 1.43. The molecule has 1 aromatic heterocycles. The van der Waals surface area contributed by atoms with E-state index in [-0.39, 0.29) is 34.4 Å². The molecule has 4 rings (SSSR count). The molecule has 43 heavy (non-hydrogen) atoms. The lowest BCUT2D eigenvalue weighted by Crippen LogP contribution is -2.33. The van der Waals surface area contributed by atoms with Gasteiger partial charge in [-0.25, -0.2) is 18.4 Å². The first-order chi connectivity index (χ1) is 20.4. The predicted octanol–water partition coefficient (Wildman–Crippen LogP) is 4.08. The van der Waals surface area contributed by atoms with Gasteiger partial charge in [-0.1, -0.05) is 19.1 Å². The number of nitrogens with zero attached hydrogens (tertiary/aromatic N) is 4. The zero-order chi connectivity index (χ0) is 31.2. The lowest BCUT2D eigenvalue weighted by atomic mass is 10.1. The van der Waals surface area contributed by atoms with Gasteiger partial charge in [0, 0.05) is 31.3 Å². The smallest absolute Gasteiger partial charge is 0.416 e. The van der Waals surface area contributed by atoms with Gasteiger partial charge in [-0.05, 0) is 48.4 Å². The number of aromatic nitrogens is 2. The van der Waals surface area contributed by atoms with Gasteiger partial charge in [0.05, 0.1) is 47.0 Å². The molecular formula is C29H30F3N5O5S. The molecule has 0 bridgehead atoms. The van der Waals surface area contributed by atoms with Crippen molar-refractivity contribution in [2.45, 2.75) is 55.4 Å². The maximum atomic E-state index is 12.9. The third-order valence-electron chi connectivity index (χ3n) is 7.12. The highest BCUT2D eigenvalue weighted by Gasteiger charge is 2.35. The molecule has 0 spiro atoms. The topological polar surface area (TPSA) is 146 Å². The van der Waals surface area contributed by atoms with Crippen molar-refractivity contribution in [3.63, 3.8) is 0 Å². The third-order valence-corrected chi connectivity index (χ3v) is 8.87. The van der Waals surface area contributed by atoms with Crippen molar-refractivity contribution < 1.29 is 36.2 Å². The molecule has 2 N–H and O–H groups in total. The van der Waals surface area contributed by atoms with Gasteiger partial charge >= 0.3 is 6.18 Å². The third kappa shape index (κ3) is 7.79. The first kappa shape index (κ1) is 31.7. The molecule has 1 amide bonds. The minimum absolute atomic E-state index is 0.0498. The van der Waals surface area contributed by atoms with E-state index in [9.17, 15) is 31.5 Å². The molecule has 228 valence electrons. The average molecular weight is 618 g/mol. The van der Waals surface area contributed by atoms with Crippen LogP contribution >= 0.6 is 0 Å². The number of halogens is 3. The van der Waals surface area contributed by atoms with Crippen LogP contribution in [0.15, 0.2) is 65.8 Å². The number of anilines is 1. The van der Waals surface area contributed by atoms with Gasteiger partial charge in [-0.15, -0.1) is 0 Å². The standard InChI is InChI=1S/C29H30F3N5O5S/c1-2-43(40,41)25-11-5-19(6-12-25)26(18-38)36-27(39)20-15-34-28(35-16-20)37-17-24(14-22(37)4-3-13-33)42-23-9-7-21(8-10-23)29(30,31)32/h5-12,15-16,22,24,26,38H,2-4,14,17-18H2,1H3,(H,36,39)/t22-,24-,26+/m1/s1. The molecular weight excluding hydrogens is 587 g/mol. The number of hydrogen-bond acceptors (Lipinski definition) is 9. The quantitative estimate of drug-likeness (QED) is 0.325. The molecule has 0 radical (unpaired) electrons. The largest absolute Gasteiger partial charge is 0.489 e. The van der Waals surface area contributed by atoms with Crippen LogP contribution in [-0.4, -0.2) is 60.4 Å². The van der Waals surface area contributed by atoms with Crippen LogP contribution in [0.4, 0.5) is 19.1 Å². The maximum absolute atomic E-state index is 12.9. The first-order valence-corrected chi connectivity index (χ1v) is 15.1. The monoisotopic (exact) mass is 617 g/mol. The lowest BCUT2D eigenvalue weighted by Gasteiger charge is -2.23. The van der Waals surface area contributed by atoms with E-state index in [1.54, 1.807) is 6.92 Å². The second-order valence-corrected chi connectivity index (χ2v) is 12.2.